The topological polar surface area (TPSA) is 179 Å². The maximum absolute atomic E-state index is 13.6. The highest BCUT2D eigenvalue weighted by Gasteiger charge is 2.27. The molecule has 2 aromatic carbocycles. The molecular formula is C29H45N5O7S2. The molecule has 2 aromatic rings. The number of hydrogen-bond acceptors (Lipinski definition) is 8. The quantitative estimate of drug-likeness (QED) is 0.189. The van der Waals surface area contributed by atoms with E-state index in [0.29, 0.717) is 25.9 Å². The molecule has 43 heavy (non-hydrogen) atoms. The summed E-state index contributed by atoms with van der Waals surface area (Å²) >= 11 is 0. The summed E-state index contributed by atoms with van der Waals surface area (Å²) in [5, 5.41) is 20.5. The fraction of sp³-hybridized carbons (Fsp3) is 0.517. The lowest BCUT2D eigenvalue weighted by Crippen LogP contribution is -2.52. The zero-order valence-electron chi connectivity index (χ0n) is 25.5. The Bertz CT molecular complexity index is 1430. The molecule has 2 amide bonds. The van der Waals surface area contributed by atoms with E-state index >= 15 is 0 Å². The molecule has 240 valence electrons. The van der Waals surface area contributed by atoms with Gasteiger partial charge in [-0.1, -0.05) is 58.0 Å². The number of aliphatic hydroxyl groups excluding tert-OH is 1. The summed E-state index contributed by atoms with van der Waals surface area (Å²) in [5.41, 5.74) is 0.663. The van der Waals surface area contributed by atoms with Crippen LogP contribution >= 0.6 is 0 Å². The average Bonchev–Trinajstić information content (AvgIpc) is 2.90. The zero-order valence-corrected chi connectivity index (χ0v) is 27.1. The Morgan fingerprint density at radius 1 is 0.953 bits per heavy atom. The number of hydrazine groups is 1. The van der Waals surface area contributed by atoms with Gasteiger partial charge in [-0.3, -0.25) is 9.59 Å². The minimum Gasteiger partial charge on any atom is -0.390 e. The summed E-state index contributed by atoms with van der Waals surface area (Å²) in [4.78, 5) is 30.5. The van der Waals surface area contributed by atoms with Crippen molar-refractivity contribution >= 4 is 31.9 Å². The van der Waals surface area contributed by atoms with Crippen molar-refractivity contribution in [2.75, 3.05) is 32.4 Å². The third kappa shape index (κ3) is 12.0. The van der Waals surface area contributed by atoms with Crippen LogP contribution in [0.15, 0.2) is 53.4 Å². The Morgan fingerprint density at radius 2 is 1.53 bits per heavy atom. The smallest absolute Gasteiger partial charge is 0.253 e. The largest absolute Gasteiger partial charge is 0.390 e. The van der Waals surface area contributed by atoms with Crippen molar-refractivity contribution in [3.63, 3.8) is 0 Å². The maximum atomic E-state index is 13.6. The van der Waals surface area contributed by atoms with Crippen molar-refractivity contribution in [3.8, 4) is 0 Å². The summed E-state index contributed by atoms with van der Waals surface area (Å²) < 4.78 is 49.4. The molecule has 0 aliphatic carbocycles. The van der Waals surface area contributed by atoms with Crippen LogP contribution in [-0.2, 0) is 26.5 Å². The van der Waals surface area contributed by atoms with Crippen LogP contribution in [0.2, 0.25) is 0 Å². The number of carbonyl (C=O) groups is 2. The van der Waals surface area contributed by atoms with Crippen LogP contribution < -0.4 is 15.3 Å². The SMILES string of the molecule is CCCN(CCC)C(=O)c1cc(C(=O)NC(Cc2ccccc2)C(O)CN(C)NS(=O)(=O)CC(C)C)cc(S(N)(=O)=O)c1. The van der Waals surface area contributed by atoms with Crippen LogP contribution in [0.4, 0.5) is 0 Å². The molecular weight excluding hydrogens is 594 g/mol. The molecule has 0 saturated carbocycles. The highest BCUT2D eigenvalue weighted by molar-refractivity contribution is 7.89. The predicted octanol–water partition coefficient (Wildman–Crippen LogP) is 1.72. The van der Waals surface area contributed by atoms with E-state index in [-0.39, 0.29) is 35.8 Å². The number of rotatable bonds is 17. The predicted molar refractivity (Wildman–Crippen MR) is 166 cm³/mol. The lowest BCUT2D eigenvalue weighted by molar-refractivity contribution is 0.0687. The molecule has 5 N–H and O–H groups in total. The normalized spacial score (nSPS) is 13.6. The van der Waals surface area contributed by atoms with Crippen molar-refractivity contribution in [3.05, 3.63) is 65.2 Å². The first-order valence-corrected chi connectivity index (χ1v) is 17.5. The number of nitrogens with zero attached hydrogens (tertiary/aromatic N) is 2. The Kier molecular flexibility index (Phi) is 13.7. The van der Waals surface area contributed by atoms with Gasteiger partial charge >= 0.3 is 0 Å². The fourth-order valence-electron chi connectivity index (χ4n) is 4.62. The zero-order chi connectivity index (χ0) is 32.4. The van der Waals surface area contributed by atoms with Crippen molar-refractivity contribution in [2.45, 2.75) is 64.0 Å². The molecule has 2 rings (SSSR count). The van der Waals surface area contributed by atoms with Crippen LogP contribution in [0.1, 0.15) is 66.8 Å². The number of nitrogens with one attached hydrogen (secondary N) is 2. The van der Waals surface area contributed by atoms with Crippen molar-refractivity contribution < 1.29 is 31.5 Å². The van der Waals surface area contributed by atoms with E-state index in [1.807, 2.05) is 32.0 Å². The Hall–Kier alpha value is -2.88. The summed E-state index contributed by atoms with van der Waals surface area (Å²) in [7, 11) is -6.46. The highest BCUT2D eigenvalue weighted by atomic mass is 32.2. The molecule has 0 heterocycles. The fourth-order valence-corrected chi connectivity index (χ4v) is 6.70. The van der Waals surface area contributed by atoms with Gasteiger partial charge in [0.15, 0.2) is 0 Å². The number of likely N-dealkylation sites (N-methyl/N-ethyl adjacent to an activating group) is 1. The number of sulfonamides is 2. The first kappa shape index (κ1) is 36.3. The molecule has 2 unspecified atom stereocenters. The Morgan fingerprint density at radius 3 is 2.07 bits per heavy atom. The lowest BCUT2D eigenvalue weighted by atomic mass is 10.00. The monoisotopic (exact) mass is 639 g/mol. The van der Waals surface area contributed by atoms with E-state index < -0.39 is 48.9 Å². The summed E-state index contributed by atoms with van der Waals surface area (Å²) in [6.07, 6.45) is 0.314. The minimum atomic E-state index is -4.27. The molecule has 0 saturated heterocycles. The molecule has 0 bridgehead atoms. The van der Waals surface area contributed by atoms with Gasteiger partial charge in [-0.15, -0.1) is 4.83 Å². The van der Waals surface area contributed by atoms with Gasteiger partial charge in [0, 0.05) is 37.8 Å². The first-order chi connectivity index (χ1) is 20.1. The number of benzene rings is 2. The highest BCUT2D eigenvalue weighted by Crippen LogP contribution is 2.18. The molecule has 0 radical (unpaired) electrons. The standard InChI is InChI=1S/C29H45N5O7S2/c1-6-13-34(14-7-2)29(37)24-16-23(17-25(18-24)43(30,40)41)28(36)31-26(15-22-11-9-8-10-12-22)27(35)19-33(5)32-42(38,39)20-21(3)4/h8-12,16-18,21,26-27,32,35H,6-7,13-15,19-20H2,1-5H3,(H,31,36)(H2,30,40,41). The molecule has 0 aliphatic heterocycles. The van der Waals surface area contributed by atoms with Gasteiger partial charge in [0.1, 0.15) is 0 Å². The molecule has 0 spiro atoms. The van der Waals surface area contributed by atoms with Crippen LogP contribution in [0.5, 0.6) is 0 Å². The second kappa shape index (κ2) is 16.3. The molecule has 12 nitrogen and oxygen atoms in total. The lowest BCUT2D eigenvalue weighted by Gasteiger charge is -2.28. The first-order valence-electron chi connectivity index (χ1n) is 14.3. The van der Waals surface area contributed by atoms with E-state index in [1.54, 1.807) is 30.9 Å². The second-order valence-electron chi connectivity index (χ2n) is 11.1. The van der Waals surface area contributed by atoms with Crippen LogP contribution in [0.25, 0.3) is 0 Å². The van der Waals surface area contributed by atoms with Crippen LogP contribution in [0, 0.1) is 5.92 Å². The van der Waals surface area contributed by atoms with Crippen molar-refractivity contribution in [1.29, 1.82) is 0 Å². The van der Waals surface area contributed by atoms with Crippen LogP contribution in [-0.4, -0.2) is 88.2 Å². The van der Waals surface area contributed by atoms with E-state index in [1.165, 1.54) is 18.1 Å². The minimum absolute atomic E-state index is 0.00183. The van der Waals surface area contributed by atoms with E-state index in [2.05, 4.69) is 10.1 Å². The molecule has 0 aliphatic rings. The molecule has 2 atom stereocenters. The summed E-state index contributed by atoms with van der Waals surface area (Å²) in [5.74, 6) is -1.38. The molecule has 14 heteroatoms. The van der Waals surface area contributed by atoms with E-state index in [9.17, 15) is 31.5 Å². The van der Waals surface area contributed by atoms with Gasteiger partial charge in [0.25, 0.3) is 11.8 Å². The molecule has 0 fully saturated rings. The van der Waals surface area contributed by atoms with Crippen molar-refractivity contribution in [2.24, 2.45) is 11.1 Å². The van der Waals surface area contributed by atoms with Gasteiger partial charge in [0.2, 0.25) is 20.0 Å². The third-order valence-electron chi connectivity index (χ3n) is 6.41. The van der Waals surface area contributed by atoms with E-state index in [0.717, 1.165) is 17.7 Å². The van der Waals surface area contributed by atoms with Gasteiger partial charge in [0.05, 0.1) is 22.8 Å². The summed E-state index contributed by atoms with van der Waals surface area (Å²) in [6.45, 7) is 8.12. The average molecular weight is 640 g/mol. The third-order valence-corrected chi connectivity index (χ3v) is 8.99. The number of hydrogen-bond donors (Lipinski definition) is 4. The van der Waals surface area contributed by atoms with Gasteiger partial charge < -0.3 is 15.3 Å². The second-order valence-corrected chi connectivity index (χ2v) is 14.4. The number of primary sulfonamides is 1. The van der Waals surface area contributed by atoms with Gasteiger partial charge in [-0.25, -0.2) is 27.0 Å². The number of amides is 2. The van der Waals surface area contributed by atoms with Crippen LogP contribution in [0.3, 0.4) is 0 Å². The summed E-state index contributed by atoms with van der Waals surface area (Å²) in [6, 6.07) is 11.7. The number of aliphatic hydroxyl groups is 1. The molecule has 0 aromatic heterocycles. The van der Waals surface area contributed by atoms with Gasteiger partial charge in [-0.05, 0) is 48.9 Å². The number of carbonyl (C=O) groups excluding carboxylic acids is 2. The van der Waals surface area contributed by atoms with Gasteiger partial charge in [-0.2, -0.15) is 0 Å². The van der Waals surface area contributed by atoms with Crippen molar-refractivity contribution in [1.82, 2.24) is 20.1 Å². The van der Waals surface area contributed by atoms with E-state index in [4.69, 9.17) is 5.14 Å². The Balaban J connectivity index is 2.41. The Labute approximate surface area is 255 Å². The number of nitrogens with two attached hydrogens (primary N) is 1. The maximum Gasteiger partial charge on any atom is 0.253 e.